The van der Waals surface area contributed by atoms with Crippen molar-refractivity contribution < 1.29 is 17.9 Å². The van der Waals surface area contributed by atoms with Gasteiger partial charge in [-0.3, -0.25) is 4.79 Å². The molecule has 1 aliphatic heterocycles. The van der Waals surface area contributed by atoms with E-state index in [0.717, 1.165) is 10.0 Å². The minimum absolute atomic E-state index is 0.188. The maximum atomic E-state index is 13.0. The van der Waals surface area contributed by atoms with E-state index in [1.54, 1.807) is 31.4 Å². The molecule has 1 heterocycles. The zero-order valence-electron chi connectivity index (χ0n) is 15.8. The van der Waals surface area contributed by atoms with Gasteiger partial charge in [0.15, 0.2) is 0 Å². The average molecular weight is 467 g/mol. The number of rotatable bonds is 6. The van der Waals surface area contributed by atoms with E-state index in [9.17, 15) is 13.2 Å². The van der Waals surface area contributed by atoms with Crippen LogP contribution in [0.2, 0.25) is 0 Å². The maximum Gasteiger partial charge on any atom is 0.243 e. The zero-order valence-corrected chi connectivity index (χ0v) is 18.2. The molecule has 150 valence electrons. The van der Waals surface area contributed by atoms with Crippen LogP contribution in [-0.4, -0.2) is 38.3 Å². The van der Waals surface area contributed by atoms with Crippen molar-refractivity contribution in [2.24, 2.45) is 0 Å². The van der Waals surface area contributed by atoms with E-state index in [1.807, 2.05) is 31.2 Å². The lowest BCUT2D eigenvalue weighted by Gasteiger charge is -2.25. The van der Waals surface area contributed by atoms with Gasteiger partial charge in [-0.15, -0.1) is 0 Å². The Morgan fingerprint density at radius 2 is 1.89 bits per heavy atom. The second-order valence-corrected chi connectivity index (χ2v) is 9.51. The van der Waals surface area contributed by atoms with Crippen LogP contribution >= 0.6 is 15.9 Å². The molecule has 2 atom stereocenters. The van der Waals surface area contributed by atoms with Gasteiger partial charge in [-0.2, -0.15) is 4.31 Å². The zero-order chi connectivity index (χ0) is 20.3. The maximum absolute atomic E-state index is 13.0. The van der Waals surface area contributed by atoms with Crippen molar-refractivity contribution in [1.82, 2.24) is 9.62 Å². The van der Waals surface area contributed by atoms with Crippen molar-refractivity contribution in [1.29, 1.82) is 0 Å². The molecule has 1 saturated heterocycles. The summed E-state index contributed by atoms with van der Waals surface area (Å²) in [6.45, 7) is 2.19. The lowest BCUT2D eigenvalue weighted by molar-refractivity contribution is -0.124. The van der Waals surface area contributed by atoms with Crippen LogP contribution in [0, 0.1) is 0 Å². The number of halogens is 1. The number of nitrogens with zero attached hydrogens (tertiary/aromatic N) is 1. The number of carbonyl (C=O) groups excluding carboxylic acids is 1. The van der Waals surface area contributed by atoms with Crippen LogP contribution in [0.5, 0.6) is 5.75 Å². The van der Waals surface area contributed by atoms with Crippen molar-refractivity contribution in [3.63, 3.8) is 0 Å². The summed E-state index contributed by atoms with van der Waals surface area (Å²) in [5.74, 6) is 0.387. The van der Waals surface area contributed by atoms with Crippen LogP contribution in [-0.2, 0) is 14.8 Å². The Labute approximate surface area is 174 Å². The van der Waals surface area contributed by atoms with Crippen LogP contribution in [0.3, 0.4) is 0 Å². The largest absolute Gasteiger partial charge is 0.496 e. The number of ether oxygens (including phenoxy) is 1. The highest BCUT2D eigenvalue weighted by atomic mass is 79.9. The highest BCUT2D eigenvalue weighted by molar-refractivity contribution is 9.10. The van der Waals surface area contributed by atoms with Crippen LogP contribution in [0.4, 0.5) is 0 Å². The predicted molar refractivity (Wildman–Crippen MR) is 111 cm³/mol. The fourth-order valence-electron chi connectivity index (χ4n) is 3.44. The Bertz CT molecular complexity index is 947. The molecule has 3 rings (SSSR count). The normalized spacial score (nSPS) is 18.6. The summed E-state index contributed by atoms with van der Waals surface area (Å²) in [7, 11) is -2.16. The third-order valence-corrected chi connectivity index (χ3v) is 7.34. The molecule has 1 amide bonds. The van der Waals surface area contributed by atoms with Gasteiger partial charge in [0.1, 0.15) is 11.8 Å². The molecule has 28 heavy (non-hydrogen) atoms. The van der Waals surface area contributed by atoms with Crippen molar-refractivity contribution in [3.05, 3.63) is 58.6 Å². The number of methoxy groups -OCH3 is 1. The van der Waals surface area contributed by atoms with Crippen molar-refractivity contribution in [2.75, 3.05) is 13.7 Å². The number of hydrogen-bond acceptors (Lipinski definition) is 4. The summed E-state index contributed by atoms with van der Waals surface area (Å²) in [5.41, 5.74) is 0.846. The third kappa shape index (κ3) is 4.24. The first-order valence-electron chi connectivity index (χ1n) is 9.05. The second-order valence-electron chi connectivity index (χ2n) is 6.70. The molecule has 2 unspecified atom stereocenters. The van der Waals surface area contributed by atoms with E-state index in [4.69, 9.17) is 4.74 Å². The first kappa shape index (κ1) is 20.8. The molecule has 0 aliphatic carbocycles. The lowest BCUT2D eigenvalue weighted by Crippen LogP contribution is -2.46. The van der Waals surface area contributed by atoms with Gasteiger partial charge in [-0.05, 0) is 50.1 Å². The van der Waals surface area contributed by atoms with Crippen LogP contribution < -0.4 is 10.1 Å². The number of hydrogen-bond donors (Lipinski definition) is 1. The molecule has 1 N–H and O–H groups in total. The second kappa shape index (κ2) is 8.63. The predicted octanol–water partition coefficient (Wildman–Crippen LogP) is 3.49. The summed E-state index contributed by atoms with van der Waals surface area (Å²) >= 11 is 3.31. The Morgan fingerprint density at radius 3 is 2.57 bits per heavy atom. The summed E-state index contributed by atoms with van der Waals surface area (Å²) in [6.07, 6.45) is 1.15. The molecule has 0 spiro atoms. The van der Waals surface area contributed by atoms with Gasteiger partial charge >= 0.3 is 0 Å². The number of nitrogens with one attached hydrogen (secondary N) is 1. The van der Waals surface area contributed by atoms with Gasteiger partial charge in [0.25, 0.3) is 0 Å². The summed E-state index contributed by atoms with van der Waals surface area (Å²) < 4.78 is 33.5. The van der Waals surface area contributed by atoms with E-state index in [2.05, 4.69) is 21.2 Å². The van der Waals surface area contributed by atoms with Gasteiger partial charge < -0.3 is 10.1 Å². The van der Waals surface area contributed by atoms with E-state index < -0.39 is 16.1 Å². The standard InChI is InChI=1S/C20H23BrN2O4S/c1-14(17-6-3-4-8-19(17)27-2)22-20(24)18-7-5-13-23(18)28(25,26)16-11-9-15(21)10-12-16/h3-4,6,8-12,14,18H,5,7,13H2,1-2H3,(H,22,24). The summed E-state index contributed by atoms with van der Waals surface area (Å²) in [6, 6.07) is 12.9. The number of amides is 1. The van der Waals surface area contributed by atoms with Crippen LogP contribution in [0.25, 0.3) is 0 Å². The minimum atomic E-state index is -3.74. The van der Waals surface area contributed by atoms with Gasteiger partial charge in [-0.25, -0.2) is 8.42 Å². The van der Waals surface area contributed by atoms with Crippen molar-refractivity contribution in [3.8, 4) is 5.75 Å². The van der Waals surface area contributed by atoms with Crippen molar-refractivity contribution in [2.45, 2.75) is 36.7 Å². The van der Waals surface area contributed by atoms with Crippen LogP contribution in [0.1, 0.15) is 31.4 Å². The van der Waals surface area contributed by atoms with E-state index in [1.165, 1.54) is 4.31 Å². The number of para-hydroxylation sites is 1. The highest BCUT2D eigenvalue weighted by Crippen LogP contribution is 2.29. The minimum Gasteiger partial charge on any atom is -0.496 e. The Morgan fingerprint density at radius 1 is 1.21 bits per heavy atom. The summed E-state index contributed by atoms with van der Waals surface area (Å²) in [5, 5.41) is 2.94. The fourth-order valence-corrected chi connectivity index (χ4v) is 5.36. The fraction of sp³-hybridized carbons (Fsp3) is 0.350. The molecule has 2 aromatic rings. The molecule has 0 radical (unpaired) electrons. The molecule has 0 aromatic heterocycles. The number of sulfonamides is 1. The Hall–Kier alpha value is -1.90. The molecular formula is C20H23BrN2O4S. The Kier molecular flexibility index (Phi) is 6.42. The van der Waals surface area contributed by atoms with Crippen molar-refractivity contribution >= 4 is 31.9 Å². The highest BCUT2D eigenvalue weighted by Gasteiger charge is 2.39. The van der Waals surface area contributed by atoms with Gasteiger partial charge in [0.05, 0.1) is 18.0 Å². The van der Waals surface area contributed by atoms with Gasteiger partial charge in [0.2, 0.25) is 15.9 Å². The molecular weight excluding hydrogens is 444 g/mol. The molecule has 1 aliphatic rings. The smallest absolute Gasteiger partial charge is 0.243 e. The quantitative estimate of drug-likeness (QED) is 0.706. The molecule has 1 fully saturated rings. The first-order chi connectivity index (χ1) is 13.3. The monoisotopic (exact) mass is 466 g/mol. The Balaban J connectivity index is 1.78. The molecule has 0 bridgehead atoms. The molecule has 6 nitrogen and oxygen atoms in total. The molecule has 0 saturated carbocycles. The van der Waals surface area contributed by atoms with Crippen LogP contribution in [0.15, 0.2) is 57.9 Å². The third-order valence-electron chi connectivity index (χ3n) is 4.89. The van der Waals surface area contributed by atoms with Gasteiger partial charge in [-0.1, -0.05) is 34.1 Å². The number of carbonyl (C=O) groups is 1. The number of benzene rings is 2. The summed E-state index contributed by atoms with van der Waals surface area (Å²) in [4.78, 5) is 13.1. The average Bonchev–Trinajstić information content (AvgIpc) is 3.19. The van der Waals surface area contributed by atoms with E-state index >= 15 is 0 Å². The van der Waals surface area contributed by atoms with E-state index in [0.29, 0.717) is 25.1 Å². The van der Waals surface area contributed by atoms with E-state index in [-0.39, 0.29) is 16.8 Å². The topological polar surface area (TPSA) is 75.7 Å². The van der Waals surface area contributed by atoms with Gasteiger partial charge in [0, 0.05) is 16.6 Å². The molecule has 8 heteroatoms. The lowest BCUT2D eigenvalue weighted by atomic mass is 10.1. The first-order valence-corrected chi connectivity index (χ1v) is 11.3. The SMILES string of the molecule is COc1ccccc1C(C)NC(=O)C1CCCN1S(=O)(=O)c1ccc(Br)cc1. The molecule has 2 aromatic carbocycles.